The Hall–Kier alpha value is -1.35. The Balaban J connectivity index is 0.00000341. The Morgan fingerprint density at radius 1 is 1.23 bits per heavy atom. The van der Waals surface area contributed by atoms with E-state index in [0.29, 0.717) is 11.9 Å². The van der Waals surface area contributed by atoms with Crippen LogP contribution < -0.4 is 10.6 Å². The lowest BCUT2D eigenvalue weighted by molar-refractivity contribution is -0.134. The minimum atomic E-state index is 0. The number of hydrogen-bond acceptors (Lipinski definition) is 3. The van der Waals surface area contributed by atoms with Crippen molar-refractivity contribution in [3.8, 4) is 0 Å². The summed E-state index contributed by atoms with van der Waals surface area (Å²) in [7, 11) is 2.15. The maximum absolute atomic E-state index is 12.7. The number of carbonyl (C=O) groups excluding carboxylic acids is 1. The molecule has 0 aromatic heterocycles. The molecule has 2 aliphatic rings. The average molecular weight is 542 g/mol. The topological polar surface area (TPSA) is 60.0 Å². The lowest BCUT2D eigenvalue weighted by Gasteiger charge is -2.24. The predicted molar refractivity (Wildman–Crippen MR) is 139 cm³/mol. The molecule has 0 bridgehead atoms. The Morgan fingerprint density at radius 2 is 1.94 bits per heavy atom. The first-order chi connectivity index (χ1) is 14.6. The van der Waals surface area contributed by atoms with Gasteiger partial charge in [-0.2, -0.15) is 0 Å². The normalized spacial score (nSPS) is 20.6. The third-order valence-electron chi connectivity index (χ3n) is 6.43. The molecule has 31 heavy (non-hydrogen) atoms. The van der Waals surface area contributed by atoms with Gasteiger partial charge < -0.3 is 15.5 Å². The summed E-state index contributed by atoms with van der Waals surface area (Å²) in [5, 5.41) is 6.93. The van der Waals surface area contributed by atoms with Crippen LogP contribution in [0.1, 0.15) is 51.5 Å². The molecule has 1 heterocycles. The van der Waals surface area contributed by atoms with Gasteiger partial charge >= 0.3 is 0 Å². The maximum atomic E-state index is 12.7. The van der Waals surface area contributed by atoms with E-state index >= 15 is 0 Å². The van der Waals surface area contributed by atoms with Gasteiger partial charge in [-0.25, -0.2) is 0 Å². The van der Waals surface area contributed by atoms with Crippen LogP contribution in [0.25, 0.3) is 0 Å². The Kier molecular flexibility index (Phi) is 11.1. The molecule has 1 saturated heterocycles. The van der Waals surface area contributed by atoms with Gasteiger partial charge in [0.05, 0.1) is 6.54 Å². The molecule has 6 nitrogen and oxygen atoms in total. The monoisotopic (exact) mass is 541 g/mol. The molecule has 0 spiro atoms. The van der Waals surface area contributed by atoms with E-state index in [4.69, 9.17) is 4.99 Å². The second-order valence-corrected chi connectivity index (χ2v) is 8.86. The minimum absolute atomic E-state index is 0. The summed E-state index contributed by atoms with van der Waals surface area (Å²) in [6.45, 7) is 8.45. The first-order valence-corrected chi connectivity index (χ1v) is 11.6. The van der Waals surface area contributed by atoms with Crippen molar-refractivity contribution in [2.75, 3.05) is 33.2 Å². The van der Waals surface area contributed by atoms with Gasteiger partial charge in [0, 0.05) is 44.2 Å². The highest BCUT2D eigenvalue weighted by atomic mass is 127. The van der Waals surface area contributed by atoms with E-state index in [9.17, 15) is 4.79 Å². The minimum Gasteiger partial charge on any atom is -0.357 e. The van der Waals surface area contributed by atoms with Crippen LogP contribution >= 0.6 is 24.0 Å². The highest BCUT2D eigenvalue weighted by Gasteiger charge is 2.32. The number of benzene rings is 1. The van der Waals surface area contributed by atoms with Crippen LogP contribution in [0.4, 0.5) is 0 Å². The molecule has 7 heteroatoms. The summed E-state index contributed by atoms with van der Waals surface area (Å²) in [4.78, 5) is 21.9. The van der Waals surface area contributed by atoms with Crippen molar-refractivity contribution in [1.82, 2.24) is 20.4 Å². The molecule has 174 valence electrons. The molecule has 2 unspecified atom stereocenters. The van der Waals surface area contributed by atoms with E-state index in [1.807, 2.05) is 0 Å². The zero-order valence-electron chi connectivity index (χ0n) is 19.3. The fourth-order valence-corrected chi connectivity index (χ4v) is 4.41. The Morgan fingerprint density at radius 3 is 2.61 bits per heavy atom. The number of halogens is 1. The summed E-state index contributed by atoms with van der Waals surface area (Å²) in [5.41, 5.74) is 1.32. The zero-order chi connectivity index (χ0) is 21.3. The molecule has 3 rings (SSSR count). The molecule has 1 aliphatic carbocycles. The van der Waals surface area contributed by atoms with Gasteiger partial charge in [-0.15, -0.1) is 24.0 Å². The lowest BCUT2D eigenvalue weighted by atomic mass is 10.1. The highest BCUT2D eigenvalue weighted by molar-refractivity contribution is 14.0. The standard InChI is InChI=1S/C24H39N5O.HI/c1-4-25-24(26-16-19(2)28(3)17-20-10-6-5-7-11-20)27-22-14-15-29(18-22)23(30)21-12-8-9-13-21;/h5-7,10-11,19,21-22H,4,8-9,12-18H2,1-3H3,(H2,25,26,27);1H. The molecule has 1 aromatic carbocycles. The average Bonchev–Trinajstić information content (AvgIpc) is 3.44. The van der Waals surface area contributed by atoms with Gasteiger partial charge in [0.1, 0.15) is 0 Å². The van der Waals surface area contributed by atoms with Gasteiger partial charge in [0.2, 0.25) is 5.91 Å². The van der Waals surface area contributed by atoms with E-state index < -0.39 is 0 Å². The van der Waals surface area contributed by atoms with E-state index in [1.165, 1.54) is 18.4 Å². The second-order valence-electron chi connectivity index (χ2n) is 8.86. The van der Waals surface area contributed by atoms with Crippen LogP contribution in [-0.2, 0) is 11.3 Å². The summed E-state index contributed by atoms with van der Waals surface area (Å²) >= 11 is 0. The summed E-state index contributed by atoms with van der Waals surface area (Å²) in [5.74, 6) is 1.50. The fraction of sp³-hybridized carbons (Fsp3) is 0.667. The molecule has 1 aliphatic heterocycles. The number of amides is 1. The van der Waals surface area contributed by atoms with Crippen LogP contribution in [-0.4, -0.2) is 67.0 Å². The van der Waals surface area contributed by atoms with Crippen molar-refractivity contribution in [3.63, 3.8) is 0 Å². The summed E-state index contributed by atoms with van der Waals surface area (Å²) in [6, 6.07) is 11.2. The predicted octanol–water partition coefficient (Wildman–Crippen LogP) is 3.47. The Bertz CT molecular complexity index is 692. The van der Waals surface area contributed by atoms with Gasteiger partial charge in [-0.3, -0.25) is 14.7 Å². The number of guanidine groups is 1. The lowest BCUT2D eigenvalue weighted by Crippen LogP contribution is -2.46. The molecular weight excluding hydrogens is 501 g/mol. The van der Waals surface area contributed by atoms with Crippen molar-refractivity contribution in [1.29, 1.82) is 0 Å². The molecule has 0 radical (unpaired) electrons. The fourth-order valence-electron chi connectivity index (χ4n) is 4.41. The van der Waals surface area contributed by atoms with Gasteiger partial charge in [-0.1, -0.05) is 43.2 Å². The number of rotatable bonds is 8. The third kappa shape index (κ3) is 7.93. The Labute approximate surface area is 205 Å². The molecule has 2 fully saturated rings. The number of carbonyl (C=O) groups is 1. The van der Waals surface area contributed by atoms with E-state index in [0.717, 1.165) is 57.9 Å². The second kappa shape index (κ2) is 13.3. The number of hydrogen-bond donors (Lipinski definition) is 2. The van der Waals surface area contributed by atoms with E-state index in [2.05, 4.69) is 71.7 Å². The molecule has 1 saturated carbocycles. The van der Waals surface area contributed by atoms with Crippen molar-refractivity contribution in [2.45, 2.75) is 64.6 Å². The number of nitrogens with one attached hydrogen (secondary N) is 2. The first-order valence-electron chi connectivity index (χ1n) is 11.6. The molecule has 2 atom stereocenters. The highest BCUT2D eigenvalue weighted by Crippen LogP contribution is 2.27. The molecule has 1 aromatic rings. The quantitative estimate of drug-likeness (QED) is 0.301. The third-order valence-corrected chi connectivity index (χ3v) is 6.43. The first kappa shape index (κ1) is 25.9. The van der Waals surface area contributed by atoms with Crippen LogP contribution in [0, 0.1) is 5.92 Å². The number of likely N-dealkylation sites (tertiary alicyclic amines) is 1. The molecular formula is C24H40IN5O. The van der Waals surface area contributed by atoms with Crippen molar-refractivity contribution >= 4 is 35.8 Å². The maximum Gasteiger partial charge on any atom is 0.225 e. The van der Waals surface area contributed by atoms with E-state index in [1.54, 1.807) is 0 Å². The molecule has 1 amide bonds. The number of nitrogens with zero attached hydrogens (tertiary/aromatic N) is 3. The number of likely N-dealkylation sites (N-methyl/N-ethyl adjacent to an activating group) is 1. The zero-order valence-corrected chi connectivity index (χ0v) is 21.7. The largest absolute Gasteiger partial charge is 0.357 e. The summed E-state index contributed by atoms with van der Waals surface area (Å²) in [6.07, 6.45) is 5.56. The van der Waals surface area contributed by atoms with Crippen molar-refractivity contribution < 1.29 is 4.79 Å². The number of aliphatic imine (C=N–C) groups is 1. The summed E-state index contributed by atoms with van der Waals surface area (Å²) < 4.78 is 0. The van der Waals surface area contributed by atoms with Crippen LogP contribution in [0.2, 0.25) is 0 Å². The van der Waals surface area contributed by atoms with Gasteiger partial charge in [0.25, 0.3) is 0 Å². The van der Waals surface area contributed by atoms with Crippen LogP contribution in [0.5, 0.6) is 0 Å². The van der Waals surface area contributed by atoms with Gasteiger partial charge in [0.15, 0.2) is 5.96 Å². The van der Waals surface area contributed by atoms with E-state index in [-0.39, 0.29) is 35.9 Å². The van der Waals surface area contributed by atoms with Crippen LogP contribution in [0.3, 0.4) is 0 Å². The van der Waals surface area contributed by atoms with Crippen molar-refractivity contribution in [3.05, 3.63) is 35.9 Å². The van der Waals surface area contributed by atoms with Crippen LogP contribution in [0.15, 0.2) is 35.3 Å². The van der Waals surface area contributed by atoms with Crippen molar-refractivity contribution in [2.24, 2.45) is 10.9 Å². The smallest absolute Gasteiger partial charge is 0.225 e. The van der Waals surface area contributed by atoms with Gasteiger partial charge in [-0.05, 0) is 45.7 Å². The SMILES string of the molecule is CCNC(=NCC(C)N(C)Cc1ccccc1)NC1CCN(C(=O)C2CCCC2)C1.I. The molecule has 2 N–H and O–H groups in total.